The molecule has 0 bridgehead atoms. The molecule has 0 saturated heterocycles. The van der Waals surface area contributed by atoms with Crippen molar-refractivity contribution in [2.75, 3.05) is 0 Å². The molecular weight excluding hydrogens is 286 g/mol. The number of amides is 1. The maximum Gasteiger partial charge on any atom is 0.252 e. The summed E-state index contributed by atoms with van der Waals surface area (Å²) >= 11 is 4.91. The summed E-state index contributed by atoms with van der Waals surface area (Å²) in [4.78, 5) is 12.0. The predicted octanol–water partition coefficient (Wildman–Crippen LogP) is 4.21. The zero-order valence-corrected chi connectivity index (χ0v) is 12.4. The van der Waals surface area contributed by atoms with Crippen LogP contribution in [0.4, 0.5) is 0 Å². The smallest absolute Gasteiger partial charge is 0.252 e. The van der Waals surface area contributed by atoms with Crippen LogP contribution in [0, 0.1) is 0 Å². The highest BCUT2D eigenvalue weighted by Gasteiger charge is 2.26. The molecule has 1 aromatic rings. The van der Waals surface area contributed by atoms with E-state index in [-0.39, 0.29) is 11.4 Å². The van der Waals surface area contributed by atoms with E-state index >= 15 is 0 Å². The van der Waals surface area contributed by atoms with Gasteiger partial charge in [0.1, 0.15) is 0 Å². The Morgan fingerprint density at radius 3 is 2.31 bits per heavy atom. The first-order valence-electron chi connectivity index (χ1n) is 5.63. The molecule has 1 N–H and O–H groups in total. The molecule has 1 aromatic heterocycles. The van der Waals surface area contributed by atoms with Gasteiger partial charge in [0.15, 0.2) is 0 Å². The van der Waals surface area contributed by atoms with E-state index in [1.807, 2.05) is 11.4 Å². The second-order valence-electron chi connectivity index (χ2n) is 3.93. The van der Waals surface area contributed by atoms with Crippen molar-refractivity contribution in [2.45, 2.75) is 45.6 Å². The molecule has 0 fully saturated rings. The quantitative estimate of drug-likeness (QED) is 0.867. The van der Waals surface area contributed by atoms with Gasteiger partial charge in [-0.1, -0.05) is 20.8 Å². The maximum absolute atomic E-state index is 12.0. The van der Waals surface area contributed by atoms with Gasteiger partial charge in [-0.2, -0.15) is 0 Å². The molecule has 0 aliphatic carbocycles. The van der Waals surface area contributed by atoms with E-state index in [1.54, 1.807) is 0 Å². The Morgan fingerprint density at radius 2 is 1.94 bits per heavy atom. The summed E-state index contributed by atoms with van der Waals surface area (Å²) in [5.41, 5.74) is 0.697. The van der Waals surface area contributed by atoms with Gasteiger partial charge >= 0.3 is 0 Å². The monoisotopic (exact) mass is 303 g/mol. The van der Waals surface area contributed by atoms with Gasteiger partial charge in [0.25, 0.3) is 5.91 Å². The van der Waals surface area contributed by atoms with E-state index in [0.29, 0.717) is 0 Å². The number of halogens is 1. The molecule has 1 heterocycles. The lowest BCUT2D eigenvalue weighted by atomic mass is 9.89. The molecule has 90 valence electrons. The third-order valence-electron chi connectivity index (χ3n) is 3.24. The molecule has 0 aliphatic heterocycles. The highest BCUT2D eigenvalue weighted by Crippen LogP contribution is 2.23. The molecule has 1 rings (SSSR count). The topological polar surface area (TPSA) is 29.1 Å². The first kappa shape index (κ1) is 13.7. The summed E-state index contributed by atoms with van der Waals surface area (Å²) in [6.07, 6.45) is 2.91. The number of nitrogens with one attached hydrogen (secondary N) is 1. The van der Waals surface area contributed by atoms with Crippen molar-refractivity contribution in [2.24, 2.45) is 0 Å². The van der Waals surface area contributed by atoms with Crippen molar-refractivity contribution in [1.29, 1.82) is 0 Å². The Kier molecular flexibility index (Phi) is 4.99. The van der Waals surface area contributed by atoms with Crippen LogP contribution in [0.1, 0.15) is 50.4 Å². The van der Waals surface area contributed by atoms with E-state index in [1.165, 1.54) is 11.3 Å². The Bertz CT molecular complexity index is 349. The lowest BCUT2D eigenvalue weighted by molar-refractivity contribution is 0.0888. The lowest BCUT2D eigenvalue weighted by Crippen LogP contribution is -2.47. The van der Waals surface area contributed by atoms with Crippen LogP contribution >= 0.6 is 27.3 Å². The zero-order valence-electron chi connectivity index (χ0n) is 9.97. The Labute approximate surface area is 110 Å². The molecule has 16 heavy (non-hydrogen) atoms. The van der Waals surface area contributed by atoms with E-state index < -0.39 is 0 Å². The molecule has 0 radical (unpaired) electrons. The minimum absolute atomic E-state index is 0.0347. The molecular formula is C12H18BrNOS. The standard InChI is InChI=1S/C12H18BrNOS/c1-4-12(5-2,6-3)14-11(15)9-7-10(13)16-8-9/h7-8H,4-6H2,1-3H3,(H,14,15). The summed E-state index contributed by atoms with van der Waals surface area (Å²) in [6, 6.07) is 1.87. The molecule has 0 unspecified atom stereocenters. The summed E-state index contributed by atoms with van der Waals surface area (Å²) in [6.45, 7) is 6.37. The number of carbonyl (C=O) groups excluding carboxylic acids is 1. The van der Waals surface area contributed by atoms with E-state index in [0.717, 1.165) is 28.6 Å². The predicted molar refractivity (Wildman–Crippen MR) is 73.1 cm³/mol. The van der Waals surface area contributed by atoms with Gasteiger partial charge in [0.05, 0.1) is 9.35 Å². The third-order valence-corrected chi connectivity index (χ3v) is 4.74. The van der Waals surface area contributed by atoms with Gasteiger partial charge in [0, 0.05) is 10.9 Å². The Morgan fingerprint density at radius 1 is 1.38 bits per heavy atom. The van der Waals surface area contributed by atoms with Crippen molar-refractivity contribution < 1.29 is 4.79 Å². The van der Waals surface area contributed by atoms with Crippen LogP contribution in [0.15, 0.2) is 15.2 Å². The van der Waals surface area contributed by atoms with Crippen LogP contribution in [-0.2, 0) is 0 Å². The van der Waals surface area contributed by atoms with Gasteiger partial charge in [-0.15, -0.1) is 11.3 Å². The molecule has 0 atom stereocenters. The average molecular weight is 304 g/mol. The number of thiophene rings is 1. The Balaban J connectivity index is 2.76. The summed E-state index contributed by atoms with van der Waals surface area (Å²) in [7, 11) is 0. The molecule has 2 nitrogen and oxygen atoms in total. The molecule has 0 aliphatic rings. The maximum atomic E-state index is 12.0. The normalized spacial score (nSPS) is 11.5. The van der Waals surface area contributed by atoms with Crippen LogP contribution in [0.3, 0.4) is 0 Å². The molecule has 0 saturated carbocycles. The van der Waals surface area contributed by atoms with Crippen molar-refractivity contribution in [3.8, 4) is 0 Å². The zero-order chi connectivity index (χ0) is 12.2. The molecule has 0 spiro atoms. The second-order valence-corrected chi connectivity index (χ2v) is 6.23. The van der Waals surface area contributed by atoms with E-state index in [4.69, 9.17) is 0 Å². The lowest BCUT2D eigenvalue weighted by Gasteiger charge is -2.31. The summed E-state index contributed by atoms with van der Waals surface area (Å²) in [5.74, 6) is 0.0347. The van der Waals surface area contributed by atoms with Gasteiger partial charge in [-0.05, 0) is 41.3 Å². The fraction of sp³-hybridized carbons (Fsp3) is 0.583. The van der Waals surface area contributed by atoms with Gasteiger partial charge in [0.2, 0.25) is 0 Å². The molecule has 4 heteroatoms. The number of carbonyl (C=O) groups is 1. The Hall–Kier alpha value is -0.350. The van der Waals surface area contributed by atoms with Crippen LogP contribution in [0.2, 0.25) is 0 Å². The highest BCUT2D eigenvalue weighted by molar-refractivity contribution is 9.11. The summed E-state index contributed by atoms with van der Waals surface area (Å²) < 4.78 is 0.993. The fourth-order valence-corrected chi connectivity index (χ4v) is 2.89. The van der Waals surface area contributed by atoms with Crippen LogP contribution < -0.4 is 5.32 Å². The van der Waals surface area contributed by atoms with Gasteiger partial charge in [-0.3, -0.25) is 4.79 Å². The van der Waals surface area contributed by atoms with Crippen LogP contribution in [0.25, 0.3) is 0 Å². The molecule has 1 amide bonds. The first-order chi connectivity index (χ1) is 7.56. The van der Waals surface area contributed by atoms with Gasteiger partial charge in [-0.25, -0.2) is 0 Å². The van der Waals surface area contributed by atoms with Crippen LogP contribution in [0.5, 0.6) is 0 Å². The minimum atomic E-state index is -0.0501. The van der Waals surface area contributed by atoms with Crippen LogP contribution in [-0.4, -0.2) is 11.4 Å². The number of hydrogen-bond acceptors (Lipinski definition) is 2. The van der Waals surface area contributed by atoms with Gasteiger partial charge < -0.3 is 5.32 Å². The highest BCUT2D eigenvalue weighted by atomic mass is 79.9. The van der Waals surface area contributed by atoms with Crippen molar-refractivity contribution in [3.05, 3.63) is 20.8 Å². The molecule has 0 aromatic carbocycles. The van der Waals surface area contributed by atoms with Crippen molar-refractivity contribution >= 4 is 33.2 Å². The summed E-state index contributed by atoms with van der Waals surface area (Å²) in [5, 5.41) is 5.04. The van der Waals surface area contributed by atoms with Crippen molar-refractivity contribution in [3.63, 3.8) is 0 Å². The number of hydrogen-bond donors (Lipinski definition) is 1. The first-order valence-corrected chi connectivity index (χ1v) is 7.30. The minimum Gasteiger partial charge on any atom is -0.347 e. The van der Waals surface area contributed by atoms with E-state index in [2.05, 4.69) is 42.0 Å². The average Bonchev–Trinajstić information content (AvgIpc) is 2.73. The van der Waals surface area contributed by atoms with E-state index in [9.17, 15) is 4.79 Å². The largest absolute Gasteiger partial charge is 0.347 e. The van der Waals surface area contributed by atoms with Crippen molar-refractivity contribution in [1.82, 2.24) is 5.32 Å². The second kappa shape index (κ2) is 5.82. The SMILES string of the molecule is CCC(CC)(CC)NC(=O)c1csc(Br)c1. The number of rotatable bonds is 5. The fourth-order valence-electron chi connectivity index (χ4n) is 1.76. The third kappa shape index (κ3) is 3.08.